The fourth-order valence-electron chi connectivity index (χ4n) is 3.78. The number of halogens is 2. The molecular formula is C19H17F2N7O2. The van der Waals surface area contributed by atoms with Crippen LogP contribution in [-0.4, -0.2) is 47.1 Å². The lowest BCUT2D eigenvalue weighted by Gasteiger charge is -2.32. The van der Waals surface area contributed by atoms with Crippen LogP contribution in [0.15, 0.2) is 28.9 Å². The van der Waals surface area contributed by atoms with E-state index in [1.807, 2.05) is 25.1 Å². The van der Waals surface area contributed by atoms with Crippen molar-refractivity contribution in [3.05, 3.63) is 59.0 Å². The van der Waals surface area contributed by atoms with E-state index in [0.717, 1.165) is 15.9 Å². The molecule has 0 bridgehead atoms. The summed E-state index contributed by atoms with van der Waals surface area (Å²) in [6.07, 6.45) is -0.791. The van der Waals surface area contributed by atoms with Gasteiger partial charge in [-0.2, -0.15) is 0 Å². The van der Waals surface area contributed by atoms with Gasteiger partial charge in [-0.15, -0.1) is 5.10 Å². The number of fused-ring (bicyclic) bond motifs is 2. The fraction of sp³-hybridized carbons (Fsp3) is 0.316. The summed E-state index contributed by atoms with van der Waals surface area (Å²) in [6, 6.07) is 4.89. The molecular weight excluding hydrogens is 396 g/mol. The molecule has 1 atom stereocenters. The van der Waals surface area contributed by atoms with Crippen molar-refractivity contribution < 1.29 is 18.0 Å². The Bertz CT molecular complexity index is 1260. The van der Waals surface area contributed by atoms with Crippen LogP contribution in [0.3, 0.4) is 0 Å². The van der Waals surface area contributed by atoms with Gasteiger partial charge in [0.2, 0.25) is 17.5 Å². The smallest absolute Gasteiger partial charge is 0.299 e. The van der Waals surface area contributed by atoms with Gasteiger partial charge in [-0.25, -0.2) is 28.4 Å². The van der Waals surface area contributed by atoms with Crippen molar-refractivity contribution in [1.29, 1.82) is 0 Å². The number of rotatable bonds is 3. The standard InChI is InChI=1S/C19H17F2N7O2/c1-9-4-3-5-11-14(9)30-18(24-11)13-12-10(22-8-23-12)6-7-28(13)19(29)17-25-16(15(20)21)26-27(17)2/h3-5,8,13,15H,6-7H2,1-2H3,(H,22,23)/t13-/m0/s1. The number of nitrogens with zero attached hydrogens (tertiary/aromatic N) is 6. The predicted octanol–water partition coefficient (Wildman–Crippen LogP) is 2.71. The van der Waals surface area contributed by atoms with Gasteiger partial charge in [0.05, 0.1) is 12.0 Å². The Kier molecular flexibility index (Phi) is 4.12. The first-order valence-corrected chi connectivity index (χ1v) is 9.32. The molecule has 0 spiro atoms. The maximum atomic E-state index is 13.3. The summed E-state index contributed by atoms with van der Waals surface area (Å²) in [5.74, 6) is -1.11. The Morgan fingerprint density at radius 1 is 1.33 bits per heavy atom. The lowest BCUT2D eigenvalue weighted by molar-refractivity contribution is 0.0649. The first kappa shape index (κ1) is 18.4. The molecule has 0 saturated heterocycles. The number of hydrogen-bond donors (Lipinski definition) is 1. The van der Waals surface area contributed by atoms with Crippen LogP contribution in [0.5, 0.6) is 0 Å². The molecule has 30 heavy (non-hydrogen) atoms. The number of carbonyl (C=O) groups is 1. The molecule has 0 saturated carbocycles. The zero-order valence-electron chi connectivity index (χ0n) is 16.1. The molecule has 9 nitrogen and oxygen atoms in total. The first-order chi connectivity index (χ1) is 14.4. The minimum Gasteiger partial charge on any atom is -0.438 e. The molecule has 5 rings (SSSR count). The third-order valence-corrected chi connectivity index (χ3v) is 5.21. The third kappa shape index (κ3) is 2.77. The average Bonchev–Trinajstić information content (AvgIpc) is 3.44. The van der Waals surface area contributed by atoms with Crippen molar-refractivity contribution in [2.24, 2.45) is 7.05 Å². The van der Waals surface area contributed by atoms with Crippen molar-refractivity contribution in [2.75, 3.05) is 6.54 Å². The monoisotopic (exact) mass is 413 g/mol. The number of oxazole rings is 1. The molecule has 1 N–H and O–H groups in total. The van der Waals surface area contributed by atoms with Crippen molar-refractivity contribution >= 4 is 17.0 Å². The number of aromatic amines is 1. The summed E-state index contributed by atoms with van der Waals surface area (Å²) in [4.78, 5) is 30.6. The molecule has 154 valence electrons. The van der Waals surface area contributed by atoms with Crippen molar-refractivity contribution in [1.82, 2.24) is 34.6 Å². The van der Waals surface area contributed by atoms with E-state index in [0.29, 0.717) is 35.6 Å². The fourth-order valence-corrected chi connectivity index (χ4v) is 3.78. The Labute approximate surface area is 168 Å². The number of imidazole rings is 1. The maximum absolute atomic E-state index is 13.3. The second-order valence-electron chi connectivity index (χ2n) is 7.11. The van der Waals surface area contributed by atoms with Crippen molar-refractivity contribution in [3.8, 4) is 0 Å². The zero-order valence-corrected chi connectivity index (χ0v) is 16.1. The van der Waals surface area contributed by atoms with Gasteiger partial charge < -0.3 is 14.3 Å². The summed E-state index contributed by atoms with van der Waals surface area (Å²) in [5.41, 5.74) is 3.68. The molecule has 1 aromatic carbocycles. The van der Waals surface area contributed by atoms with Crippen LogP contribution < -0.4 is 0 Å². The summed E-state index contributed by atoms with van der Waals surface area (Å²) in [5, 5.41) is 3.65. The summed E-state index contributed by atoms with van der Waals surface area (Å²) in [7, 11) is 1.41. The molecule has 0 fully saturated rings. The molecule has 0 radical (unpaired) electrons. The van der Waals surface area contributed by atoms with E-state index in [-0.39, 0.29) is 5.82 Å². The van der Waals surface area contributed by atoms with E-state index >= 15 is 0 Å². The number of hydrogen-bond acceptors (Lipinski definition) is 6. The van der Waals surface area contributed by atoms with Crippen LogP contribution in [-0.2, 0) is 13.5 Å². The van der Waals surface area contributed by atoms with Gasteiger partial charge in [-0.3, -0.25) is 4.79 Å². The van der Waals surface area contributed by atoms with Crippen LogP contribution in [0.25, 0.3) is 11.1 Å². The zero-order chi connectivity index (χ0) is 21.0. The molecule has 11 heteroatoms. The number of alkyl halides is 2. The van der Waals surface area contributed by atoms with E-state index in [1.54, 1.807) is 6.33 Å². The van der Waals surface area contributed by atoms with Crippen molar-refractivity contribution in [2.45, 2.75) is 25.8 Å². The molecule has 4 heterocycles. The van der Waals surface area contributed by atoms with Crippen LogP contribution >= 0.6 is 0 Å². The number of aryl methyl sites for hydroxylation is 2. The number of carbonyl (C=O) groups excluding carboxylic acids is 1. The normalized spacial score (nSPS) is 16.4. The number of H-pyrrole nitrogens is 1. The average molecular weight is 413 g/mol. The topological polar surface area (TPSA) is 106 Å². The highest BCUT2D eigenvalue weighted by Gasteiger charge is 2.39. The highest BCUT2D eigenvalue weighted by Crippen LogP contribution is 2.35. The maximum Gasteiger partial charge on any atom is 0.299 e. The van der Waals surface area contributed by atoms with E-state index in [9.17, 15) is 13.6 Å². The highest BCUT2D eigenvalue weighted by molar-refractivity contribution is 5.91. The minimum atomic E-state index is -2.87. The Morgan fingerprint density at radius 2 is 2.17 bits per heavy atom. The summed E-state index contributed by atoms with van der Waals surface area (Å²) in [6.45, 7) is 2.22. The number of benzene rings is 1. The quantitative estimate of drug-likeness (QED) is 0.554. The number of nitrogens with one attached hydrogen (secondary N) is 1. The molecule has 1 amide bonds. The SMILES string of the molecule is Cc1cccc2nc([C@@H]3c4nc[nH]c4CCN3C(=O)c3nc(C(F)F)nn3C)oc12. The largest absolute Gasteiger partial charge is 0.438 e. The van der Waals surface area contributed by atoms with Gasteiger partial charge in [-0.1, -0.05) is 12.1 Å². The molecule has 4 aromatic rings. The Balaban J connectivity index is 1.62. The lowest BCUT2D eigenvalue weighted by atomic mass is 10.0. The van der Waals surface area contributed by atoms with Gasteiger partial charge in [0, 0.05) is 25.7 Å². The second kappa shape index (κ2) is 6.71. The third-order valence-electron chi connectivity index (χ3n) is 5.21. The number of aromatic nitrogens is 6. The first-order valence-electron chi connectivity index (χ1n) is 9.32. The molecule has 0 unspecified atom stereocenters. The van der Waals surface area contributed by atoms with Crippen molar-refractivity contribution in [3.63, 3.8) is 0 Å². The molecule has 1 aliphatic heterocycles. The predicted molar refractivity (Wildman–Crippen MR) is 99.9 cm³/mol. The summed E-state index contributed by atoms with van der Waals surface area (Å²) < 4.78 is 33.1. The van der Waals surface area contributed by atoms with Crippen LogP contribution in [0.1, 0.15) is 51.8 Å². The number of para-hydroxylation sites is 1. The van der Waals surface area contributed by atoms with Gasteiger partial charge in [0.25, 0.3) is 12.3 Å². The van der Waals surface area contributed by atoms with Gasteiger partial charge in [-0.05, 0) is 18.6 Å². The Hall–Kier alpha value is -3.63. The van der Waals surface area contributed by atoms with Crippen LogP contribution in [0.2, 0.25) is 0 Å². The number of amides is 1. The van der Waals surface area contributed by atoms with E-state index < -0.39 is 24.2 Å². The molecule has 0 aliphatic carbocycles. The Morgan fingerprint density at radius 3 is 2.90 bits per heavy atom. The van der Waals surface area contributed by atoms with E-state index in [1.165, 1.54) is 11.9 Å². The van der Waals surface area contributed by atoms with E-state index in [2.05, 4.69) is 25.0 Å². The van der Waals surface area contributed by atoms with Gasteiger partial charge in [0.15, 0.2) is 11.6 Å². The van der Waals surface area contributed by atoms with Gasteiger partial charge >= 0.3 is 0 Å². The van der Waals surface area contributed by atoms with Crippen LogP contribution in [0, 0.1) is 6.92 Å². The molecule has 3 aromatic heterocycles. The highest BCUT2D eigenvalue weighted by atomic mass is 19.3. The molecule has 1 aliphatic rings. The van der Waals surface area contributed by atoms with E-state index in [4.69, 9.17) is 4.42 Å². The second-order valence-corrected chi connectivity index (χ2v) is 7.11. The summed E-state index contributed by atoms with van der Waals surface area (Å²) >= 11 is 0. The van der Waals surface area contributed by atoms with Crippen LogP contribution in [0.4, 0.5) is 8.78 Å². The van der Waals surface area contributed by atoms with Gasteiger partial charge in [0.1, 0.15) is 5.52 Å². The minimum absolute atomic E-state index is 0.179. The lowest BCUT2D eigenvalue weighted by Crippen LogP contribution is -2.42.